The summed E-state index contributed by atoms with van der Waals surface area (Å²) in [5, 5.41) is 0. The van der Waals surface area contributed by atoms with Crippen molar-refractivity contribution in [3.05, 3.63) is 24.2 Å². The molecule has 2 aromatic rings. The molecule has 0 N–H and O–H groups in total. The summed E-state index contributed by atoms with van der Waals surface area (Å²) in [7, 11) is 1.74. The van der Waals surface area contributed by atoms with E-state index in [1.165, 1.54) is 19.5 Å². The lowest BCUT2D eigenvalue weighted by Gasteiger charge is -2.15. The van der Waals surface area contributed by atoms with E-state index in [0.29, 0.717) is 12.5 Å². The molecule has 1 aliphatic rings. The first-order chi connectivity index (χ1) is 10.3. The molecule has 1 aliphatic heterocycles. The molecule has 2 aromatic heterocycles. The van der Waals surface area contributed by atoms with E-state index in [9.17, 15) is 0 Å². The van der Waals surface area contributed by atoms with Gasteiger partial charge >= 0.3 is 0 Å². The van der Waals surface area contributed by atoms with Crippen molar-refractivity contribution in [3.8, 4) is 0 Å². The lowest BCUT2D eigenvalue weighted by molar-refractivity contribution is 0.199. The predicted molar refractivity (Wildman–Crippen MR) is 83.3 cm³/mol. The van der Waals surface area contributed by atoms with Crippen molar-refractivity contribution in [1.82, 2.24) is 19.4 Å². The van der Waals surface area contributed by atoms with Gasteiger partial charge in [-0.15, -0.1) is 0 Å². The van der Waals surface area contributed by atoms with Crippen molar-refractivity contribution >= 4 is 11.2 Å². The number of hydrogen-bond donors (Lipinski definition) is 0. The van der Waals surface area contributed by atoms with Gasteiger partial charge in [0.05, 0.1) is 6.61 Å². The molecule has 21 heavy (non-hydrogen) atoms. The topological polar surface area (TPSA) is 43.2 Å². The number of hydrogen-bond acceptors (Lipinski definition) is 4. The lowest BCUT2D eigenvalue weighted by atomic mass is 10.1. The van der Waals surface area contributed by atoms with E-state index in [2.05, 4.69) is 21.4 Å². The molecule has 1 atom stereocenters. The monoisotopic (exact) mass is 288 g/mol. The average molecular weight is 288 g/mol. The molecule has 0 bridgehead atoms. The summed E-state index contributed by atoms with van der Waals surface area (Å²) in [5.41, 5.74) is 2.01. The van der Waals surface area contributed by atoms with Crippen molar-refractivity contribution in [1.29, 1.82) is 0 Å². The van der Waals surface area contributed by atoms with Crippen molar-refractivity contribution in [3.63, 3.8) is 0 Å². The van der Waals surface area contributed by atoms with Gasteiger partial charge in [-0.25, -0.2) is 9.97 Å². The van der Waals surface area contributed by atoms with Gasteiger partial charge in [-0.05, 0) is 37.6 Å². The van der Waals surface area contributed by atoms with Crippen LogP contribution in [0.2, 0.25) is 0 Å². The Morgan fingerprint density at radius 2 is 2.33 bits per heavy atom. The zero-order valence-electron chi connectivity index (χ0n) is 13.0. The van der Waals surface area contributed by atoms with Gasteiger partial charge in [-0.1, -0.05) is 6.92 Å². The summed E-state index contributed by atoms with van der Waals surface area (Å²) in [5.74, 6) is 1.80. The van der Waals surface area contributed by atoms with E-state index >= 15 is 0 Å². The van der Waals surface area contributed by atoms with Crippen LogP contribution in [0, 0.1) is 5.92 Å². The third-order valence-corrected chi connectivity index (χ3v) is 4.37. The van der Waals surface area contributed by atoms with Crippen LogP contribution in [0.5, 0.6) is 0 Å². The van der Waals surface area contributed by atoms with Gasteiger partial charge in [-0.3, -0.25) is 0 Å². The normalized spacial score (nSPS) is 19.6. The molecule has 0 aliphatic carbocycles. The number of imidazole rings is 1. The summed E-state index contributed by atoms with van der Waals surface area (Å²) in [4.78, 5) is 11.8. The van der Waals surface area contributed by atoms with E-state index in [4.69, 9.17) is 9.72 Å². The molecule has 3 heterocycles. The summed E-state index contributed by atoms with van der Waals surface area (Å²) in [6.45, 7) is 7.51. The molecule has 0 radical (unpaired) electrons. The second-order valence-corrected chi connectivity index (χ2v) is 5.78. The minimum absolute atomic E-state index is 0.700. The fourth-order valence-electron chi connectivity index (χ4n) is 3.19. The number of pyridine rings is 1. The third-order valence-electron chi connectivity index (χ3n) is 4.37. The Morgan fingerprint density at radius 3 is 3.10 bits per heavy atom. The molecule has 0 spiro atoms. The van der Waals surface area contributed by atoms with Gasteiger partial charge in [0, 0.05) is 32.8 Å². The van der Waals surface area contributed by atoms with Crippen LogP contribution in [0.3, 0.4) is 0 Å². The highest BCUT2D eigenvalue weighted by Gasteiger charge is 2.23. The van der Waals surface area contributed by atoms with Crippen LogP contribution in [-0.2, 0) is 17.7 Å². The standard InChI is InChI=1S/C16H24N4O/c1-3-19-9-6-13(11-19)12-20-15(7-10-21-2)18-14-5-4-8-17-16(14)20/h4-5,8,13H,3,6-7,9-12H2,1-2H3. The highest BCUT2D eigenvalue weighted by molar-refractivity contribution is 5.71. The summed E-state index contributed by atoms with van der Waals surface area (Å²) < 4.78 is 7.52. The van der Waals surface area contributed by atoms with Gasteiger partial charge in [0.1, 0.15) is 11.3 Å². The summed E-state index contributed by atoms with van der Waals surface area (Å²) >= 11 is 0. The predicted octanol–water partition coefficient (Wildman–Crippen LogP) is 1.96. The number of aromatic nitrogens is 3. The molecular formula is C16H24N4O. The van der Waals surface area contributed by atoms with E-state index in [1.807, 2.05) is 18.3 Å². The number of rotatable bonds is 6. The summed E-state index contributed by atoms with van der Waals surface area (Å²) in [6, 6.07) is 4.00. The van der Waals surface area contributed by atoms with Gasteiger partial charge in [0.2, 0.25) is 0 Å². The maximum absolute atomic E-state index is 5.22. The second-order valence-electron chi connectivity index (χ2n) is 5.78. The van der Waals surface area contributed by atoms with Gasteiger partial charge in [0.25, 0.3) is 0 Å². The first-order valence-electron chi connectivity index (χ1n) is 7.83. The van der Waals surface area contributed by atoms with E-state index in [0.717, 1.165) is 36.5 Å². The molecule has 0 saturated carbocycles. The van der Waals surface area contributed by atoms with Crippen LogP contribution in [0.25, 0.3) is 11.2 Å². The number of methoxy groups -OCH3 is 1. The van der Waals surface area contributed by atoms with E-state index in [-0.39, 0.29) is 0 Å². The second kappa shape index (κ2) is 6.54. The number of likely N-dealkylation sites (tertiary alicyclic amines) is 1. The Bertz CT molecular complexity index is 595. The SMILES string of the molecule is CCN1CCC(Cn2c(CCOC)nc3cccnc32)C1. The fourth-order valence-corrected chi connectivity index (χ4v) is 3.19. The maximum Gasteiger partial charge on any atom is 0.159 e. The van der Waals surface area contributed by atoms with Crippen molar-refractivity contribution in [2.75, 3.05) is 33.4 Å². The molecule has 114 valence electrons. The smallest absolute Gasteiger partial charge is 0.159 e. The highest BCUT2D eigenvalue weighted by Crippen LogP contribution is 2.22. The maximum atomic E-state index is 5.22. The molecule has 0 aromatic carbocycles. The zero-order chi connectivity index (χ0) is 14.7. The lowest BCUT2D eigenvalue weighted by Crippen LogP contribution is -2.22. The van der Waals surface area contributed by atoms with Crippen LogP contribution < -0.4 is 0 Å². The van der Waals surface area contributed by atoms with Crippen LogP contribution in [0.1, 0.15) is 19.2 Å². The molecule has 3 rings (SSSR count). The molecule has 0 amide bonds. The van der Waals surface area contributed by atoms with Crippen molar-refractivity contribution in [2.24, 2.45) is 5.92 Å². The van der Waals surface area contributed by atoms with Crippen molar-refractivity contribution < 1.29 is 4.74 Å². The Kier molecular flexibility index (Phi) is 4.51. The van der Waals surface area contributed by atoms with Crippen LogP contribution >= 0.6 is 0 Å². The largest absolute Gasteiger partial charge is 0.384 e. The quantitative estimate of drug-likeness (QED) is 0.815. The van der Waals surface area contributed by atoms with E-state index in [1.54, 1.807) is 7.11 Å². The zero-order valence-corrected chi connectivity index (χ0v) is 13.0. The third kappa shape index (κ3) is 3.09. The van der Waals surface area contributed by atoms with Gasteiger partial charge in [0.15, 0.2) is 5.65 Å². The molecule has 5 nitrogen and oxygen atoms in total. The Labute approximate surface area is 125 Å². The fraction of sp³-hybridized carbons (Fsp3) is 0.625. The molecular weight excluding hydrogens is 264 g/mol. The minimum atomic E-state index is 0.700. The Balaban J connectivity index is 1.84. The Morgan fingerprint density at radius 1 is 1.43 bits per heavy atom. The molecule has 1 fully saturated rings. The summed E-state index contributed by atoms with van der Waals surface area (Å²) in [6.07, 6.45) is 3.97. The van der Waals surface area contributed by atoms with Gasteiger partial charge < -0.3 is 14.2 Å². The highest BCUT2D eigenvalue weighted by atomic mass is 16.5. The number of nitrogens with zero attached hydrogens (tertiary/aromatic N) is 4. The number of fused-ring (bicyclic) bond motifs is 1. The molecule has 1 unspecified atom stereocenters. The van der Waals surface area contributed by atoms with Gasteiger partial charge in [-0.2, -0.15) is 0 Å². The number of ether oxygens (including phenoxy) is 1. The Hall–Kier alpha value is -1.46. The molecule has 5 heteroatoms. The van der Waals surface area contributed by atoms with Crippen LogP contribution in [0.4, 0.5) is 0 Å². The van der Waals surface area contributed by atoms with E-state index < -0.39 is 0 Å². The first kappa shape index (κ1) is 14.5. The van der Waals surface area contributed by atoms with Crippen LogP contribution in [0.15, 0.2) is 18.3 Å². The van der Waals surface area contributed by atoms with Crippen molar-refractivity contribution in [2.45, 2.75) is 26.3 Å². The first-order valence-corrected chi connectivity index (χ1v) is 7.83. The molecule has 1 saturated heterocycles. The minimum Gasteiger partial charge on any atom is -0.384 e. The van der Waals surface area contributed by atoms with Crippen LogP contribution in [-0.4, -0.2) is 52.8 Å². The average Bonchev–Trinajstić information content (AvgIpc) is 3.11.